The highest BCUT2D eigenvalue weighted by Crippen LogP contribution is 2.09. The van der Waals surface area contributed by atoms with E-state index in [1.165, 1.54) is 16.0 Å². The fourth-order valence-electron chi connectivity index (χ4n) is 2.55. The molecule has 4 nitrogen and oxygen atoms in total. The fraction of sp³-hybridized carbons (Fsp3) is 0.450. The molecule has 0 atom stereocenters. The van der Waals surface area contributed by atoms with Gasteiger partial charge in [0, 0.05) is 18.0 Å². The quantitative estimate of drug-likeness (QED) is 0.528. The van der Waals surface area contributed by atoms with Gasteiger partial charge in [-0.25, -0.2) is 4.99 Å². The van der Waals surface area contributed by atoms with Gasteiger partial charge in [-0.1, -0.05) is 44.2 Å². The van der Waals surface area contributed by atoms with Crippen molar-refractivity contribution in [3.63, 3.8) is 0 Å². The number of hydrogen-bond acceptors (Lipinski definition) is 3. The maximum absolute atomic E-state index is 4.69. The van der Waals surface area contributed by atoms with Gasteiger partial charge < -0.3 is 10.6 Å². The third kappa shape index (κ3) is 6.88. The van der Waals surface area contributed by atoms with E-state index in [9.17, 15) is 0 Å². The SMILES string of the molecule is CCNC(=NCc1ccc(CN(CC)CC)cc1)NCc1cccs1. The number of guanidine groups is 1. The Hall–Kier alpha value is -1.85. The van der Waals surface area contributed by atoms with Gasteiger partial charge >= 0.3 is 0 Å². The molecule has 0 fully saturated rings. The third-order valence-electron chi connectivity index (χ3n) is 4.10. The van der Waals surface area contributed by atoms with E-state index >= 15 is 0 Å². The summed E-state index contributed by atoms with van der Waals surface area (Å²) in [4.78, 5) is 8.43. The minimum absolute atomic E-state index is 0.686. The average Bonchev–Trinajstić information content (AvgIpc) is 3.16. The van der Waals surface area contributed by atoms with Crippen LogP contribution in [0.1, 0.15) is 36.8 Å². The zero-order valence-corrected chi connectivity index (χ0v) is 16.4. The van der Waals surface area contributed by atoms with Crippen LogP contribution in [-0.4, -0.2) is 30.5 Å². The Labute approximate surface area is 156 Å². The summed E-state index contributed by atoms with van der Waals surface area (Å²) < 4.78 is 0. The maximum Gasteiger partial charge on any atom is 0.191 e. The zero-order chi connectivity index (χ0) is 17.9. The van der Waals surface area contributed by atoms with Gasteiger partial charge in [-0.15, -0.1) is 11.3 Å². The third-order valence-corrected chi connectivity index (χ3v) is 4.97. The molecule has 1 heterocycles. The first-order valence-electron chi connectivity index (χ1n) is 9.09. The average molecular weight is 359 g/mol. The Morgan fingerprint density at radius 3 is 2.32 bits per heavy atom. The van der Waals surface area contributed by atoms with Crippen molar-refractivity contribution in [2.45, 2.75) is 40.4 Å². The molecule has 0 spiro atoms. The number of rotatable bonds is 9. The lowest BCUT2D eigenvalue weighted by Crippen LogP contribution is -2.36. The van der Waals surface area contributed by atoms with Gasteiger partial charge in [0.05, 0.1) is 13.1 Å². The van der Waals surface area contributed by atoms with E-state index in [0.717, 1.165) is 38.7 Å². The van der Waals surface area contributed by atoms with Gasteiger partial charge in [-0.3, -0.25) is 4.90 Å². The summed E-state index contributed by atoms with van der Waals surface area (Å²) in [6, 6.07) is 13.0. The highest BCUT2D eigenvalue weighted by Gasteiger charge is 2.02. The molecule has 0 aliphatic heterocycles. The normalized spacial score (nSPS) is 11.8. The molecule has 0 aliphatic carbocycles. The first kappa shape index (κ1) is 19.5. The molecule has 136 valence electrons. The van der Waals surface area contributed by atoms with Gasteiger partial charge in [-0.05, 0) is 42.6 Å². The van der Waals surface area contributed by atoms with E-state index in [-0.39, 0.29) is 0 Å². The van der Waals surface area contributed by atoms with Crippen LogP contribution in [0.15, 0.2) is 46.8 Å². The summed E-state index contributed by atoms with van der Waals surface area (Å²) in [5.74, 6) is 0.864. The van der Waals surface area contributed by atoms with E-state index < -0.39 is 0 Å². The zero-order valence-electron chi connectivity index (χ0n) is 15.6. The minimum Gasteiger partial charge on any atom is -0.357 e. The topological polar surface area (TPSA) is 39.7 Å². The summed E-state index contributed by atoms with van der Waals surface area (Å²) in [5, 5.41) is 8.79. The monoisotopic (exact) mass is 358 g/mol. The first-order valence-corrected chi connectivity index (χ1v) is 9.97. The van der Waals surface area contributed by atoms with Crippen molar-refractivity contribution in [3.05, 3.63) is 57.8 Å². The highest BCUT2D eigenvalue weighted by atomic mass is 32.1. The van der Waals surface area contributed by atoms with Crippen LogP contribution < -0.4 is 10.6 Å². The maximum atomic E-state index is 4.69. The van der Waals surface area contributed by atoms with Crippen LogP contribution in [0, 0.1) is 0 Å². The Balaban J connectivity index is 1.90. The van der Waals surface area contributed by atoms with Gasteiger partial charge in [0.1, 0.15) is 0 Å². The van der Waals surface area contributed by atoms with Crippen LogP contribution in [0.5, 0.6) is 0 Å². The lowest BCUT2D eigenvalue weighted by Gasteiger charge is -2.18. The molecule has 1 aromatic heterocycles. The second-order valence-corrected chi connectivity index (χ2v) is 6.94. The number of thiophene rings is 1. The van der Waals surface area contributed by atoms with E-state index in [1.807, 2.05) is 0 Å². The predicted molar refractivity (Wildman–Crippen MR) is 109 cm³/mol. The molecule has 0 unspecified atom stereocenters. The van der Waals surface area contributed by atoms with E-state index in [0.29, 0.717) is 6.54 Å². The summed E-state index contributed by atoms with van der Waals surface area (Å²) in [5.41, 5.74) is 2.59. The largest absolute Gasteiger partial charge is 0.357 e. The van der Waals surface area contributed by atoms with E-state index in [1.54, 1.807) is 11.3 Å². The molecule has 0 bridgehead atoms. The lowest BCUT2D eigenvalue weighted by molar-refractivity contribution is 0.296. The molecule has 25 heavy (non-hydrogen) atoms. The minimum atomic E-state index is 0.686. The summed E-state index contributed by atoms with van der Waals surface area (Å²) in [7, 11) is 0. The fourth-order valence-corrected chi connectivity index (χ4v) is 3.20. The summed E-state index contributed by atoms with van der Waals surface area (Å²) in [6.07, 6.45) is 0. The molecule has 0 saturated carbocycles. The van der Waals surface area contributed by atoms with E-state index in [2.05, 4.69) is 78.1 Å². The van der Waals surface area contributed by atoms with Crippen molar-refractivity contribution in [2.75, 3.05) is 19.6 Å². The first-order chi connectivity index (χ1) is 12.2. The van der Waals surface area contributed by atoms with Crippen LogP contribution in [0.3, 0.4) is 0 Å². The van der Waals surface area contributed by atoms with Crippen molar-refractivity contribution in [3.8, 4) is 0 Å². The van der Waals surface area contributed by atoms with Crippen LogP contribution in [-0.2, 0) is 19.6 Å². The summed E-state index contributed by atoms with van der Waals surface area (Å²) in [6.45, 7) is 12.0. The molecular weight excluding hydrogens is 328 g/mol. The molecule has 5 heteroatoms. The summed E-state index contributed by atoms with van der Waals surface area (Å²) >= 11 is 1.76. The number of benzene rings is 1. The van der Waals surface area contributed by atoms with E-state index in [4.69, 9.17) is 4.99 Å². The Bertz CT molecular complexity index is 616. The van der Waals surface area contributed by atoms with Crippen molar-refractivity contribution in [1.29, 1.82) is 0 Å². The van der Waals surface area contributed by atoms with Crippen molar-refractivity contribution in [1.82, 2.24) is 15.5 Å². The molecule has 0 amide bonds. The van der Waals surface area contributed by atoms with Gasteiger partial charge in [0.15, 0.2) is 5.96 Å². The molecular formula is C20H30N4S. The highest BCUT2D eigenvalue weighted by molar-refractivity contribution is 7.09. The Morgan fingerprint density at radius 1 is 1.00 bits per heavy atom. The second kappa shape index (κ2) is 10.9. The van der Waals surface area contributed by atoms with Crippen molar-refractivity contribution < 1.29 is 0 Å². The molecule has 0 radical (unpaired) electrons. The van der Waals surface area contributed by atoms with Gasteiger partial charge in [0.25, 0.3) is 0 Å². The van der Waals surface area contributed by atoms with Crippen LogP contribution in [0.2, 0.25) is 0 Å². The molecule has 2 N–H and O–H groups in total. The van der Waals surface area contributed by atoms with Crippen LogP contribution >= 0.6 is 11.3 Å². The molecule has 1 aromatic carbocycles. The van der Waals surface area contributed by atoms with Gasteiger partial charge in [-0.2, -0.15) is 0 Å². The van der Waals surface area contributed by atoms with Crippen LogP contribution in [0.4, 0.5) is 0 Å². The lowest BCUT2D eigenvalue weighted by atomic mass is 10.1. The molecule has 0 saturated heterocycles. The Kier molecular flexibility index (Phi) is 8.49. The Morgan fingerprint density at radius 2 is 1.72 bits per heavy atom. The van der Waals surface area contributed by atoms with Crippen molar-refractivity contribution in [2.24, 2.45) is 4.99 Å². The molecule has 2 aromatic rings. The molecule has 0 aliphatic rings. The van der Waals surface area contributed by atoms with Crippen molar-refractivity contribution >= 4 is 17.3 Å². The number of nitrogens with zero attached hydrogens (tertiary/aromatic N) is 2. The number of hydrogen-bond donors (Lipinski definition) is 2. The number of nitrogens with one attached hydrogen (secondary N) is 2. The standard InChI is InChI=1S/C20H30N4S/c1-4-21-20(23-15-19-8-7-13-25-19)22-14-17-9-11-18(12-10-17)16-24(5-2)6-3/h7-13H,4-6,14-16H2,1-3H3,(H2,21,22,23). The second-order valence-electron chi connectivity index (χ2n) is 5.91. The smallest absolute Gasteiger partial charge is 0.191 e. The van der Waals surface area contributed by atoms with Crippen LogP contribution in [0.25, 0.3) is 0 Å². The number of aliphatic imine (C=N–C) groups is 1. The predicted octanol–water partition coefficient (Wildman–Crippen LogP) is 3.85. The molecule has 2 rings (SSSR count). The van der Waals surface area contributed by atoms with Gasteiger partial charge in [0.2, 0.25) is 0 Å².